The lowest BCUT2D eigenvalue weighted by Gasteiger charge is -2.39. The van der Waals surface area contributed by atoms with E-state index >= 15 is 0 Å². The Labute approximate surface area is 149 Å². The molecular formula is C20H27NO4. The Kier molecular flexibility index (Phi) is 5.13. The predicted molar refractivity (Wildman–Crippen MR) is 93.9 cm³/mol. The summed E-state index contributed by atoms with van der Waals surface area (Å²) < 4.78 is 10.9. The van der Waals surface area contributed by atoms with Crippen molar-refractivity contribution in [3.63, 3.8) is 0 Å². The zero-order valence-electron chi connectivity index (χ0n) is 15.3. The maximum Gasteiger partial charge on any atom is 0.325 e. The van der Waals surface area contributed by atoms with Gasteiger partial charge in [0.05, 0.1) is 19.3 Å². The summed E-state index contributed by atoms with van der Waals surface area (Å²) in [7, 11) is 0. The van der Waals surface area contributed by atoms with Crippen molar-refractivity contribution in [3.8, 4) is 0 Å². The largest absolute Gasteiger partial charge is 0.465 e. The van der Waals surface area contributed by atoms with Gasteiger partial charge in [-0.05, 0) is 31.4 Å². The molecule has 25 heavy (non-hydrogen) atoms. The van der Waals surface area contributed by atoms with Crippen LogP contribution in [0.1, 0.15) is 44.4 Å². The molecule has 1 aromatic rings. The van der Waals surface area contributed by atoms with E-state index in [9.17, 15) is 9.59 Å². The van der Waals surface area contributed by atoms with Gasteiger partial charge in [0, 0.05) is 19.0 Å². The molecule has 0 unspecified atom stereocenters. The molecular weight excluding hydrogens is 318 g/mol. The van der Waals surface area contributed by atoms with Crippen LogP contribution in [0.25, 0.3) is 0 Å². The van der Waals surface area contributed by atoms with E-state index in [1.165, 1.54) is 5.56 Å². The topological polar surface area (TPSA) is 55.8 Å². The van der Waals surface area contributed by atoms with E-state index in [1.807, 2.05) is 25.1 Å². The Balaban J connectivity index is 2.18. The molecule has 0 saturated carbocycles. The lowest BCUT2D eigenvalue weighted by Crippen LogP contribution is -2.51. The molecule has 0 aromatic heterocycles. The average molecular weight is 345 g/mol. The molecule has 1 aromatic carbocycles. The third kappa shape index (κ3) is 2.65. The smallest absolute Gasteiger partial charge is 0.325 e. The van der Waals surface area contributed by atoms with Crippen molar-refractivity contribution in [2.75, 3.05) is 26.3 Å². The summed E-state index contributed by atoms with van der Waals surface area (Å²) in [4.78, 5) is 28.6. The Morgan fingerprint density at radius 3 is 2.36 bits per heavy atom. The van der Waals surface area contributed by atoms with Crippen LogP contribution in [0.3, 0.4) is 0 Å². The molecule has 2 heterocycles. The summed E-state index contributed by atoms with van der Waals surface area (Å²) >= 11 is 0. The van der Waals surface area contributed by atoms with Crippen LogP contribution in [0.15, 0.2) is 24.3 Å². The van der Waals surface area contributed by atoms with Crippen LogP contribution in [-0.4, -0.2) is 43.1 Å². The normalized spacial score (nSPS) is 24.3. The minimum atomic E-state index is -1.28. The Hall–Kier alpha value is -1.88. The van der Waals surface area contributed by atoms with Crippen molar-refractivity contribution in [1.82, 2.24) is 4.90 Å². The molecule has 2 atom stereocenters. The predicted octanol–water partition coefficient (Wildman–Crippen LogP) is 2.74. The first kappa shape index (κ1) is 17.9. The number of rotatable bonds is 5. The van der Waals surface area contributed by atoms with Crippen molar-refractivity contribution in [2.45, 2.75) is 39.7 Å². The molecule has 5 nitrogen and oxygen atoms in total. The fraction of sp³-hybridized carbons (Fsp3) is 0.600. The molecule has 0 radical (unpaired) electrons. The van der Waals surface area contributed by atoms with E-state index in [2.05, 4.69) is 11.0 Å². The average Bonchev–Trinajstić information content (AvgIpc) is 2.98. The van der Waals surface area contributed by atoms with Crippen LogP contribution in [0.5, 0.6) is 0 Å². The standard InChI is InChI=1S/C20H27NO4/c1-4-15-13-21-12-11-14-9-7-8-10-16(14)17(21)20(15,18(22)24-5-2)19(23)25-6-3/h7-10,15,17H,4-6,11-13H2,1-3H3/t15-,17+/m1/s1. The van der Waals surface area contributed by atoms with Gasteiger partial charge in [0.15, 0.2) is 5.41 Å². The fourth-order valence-electron chi connectivity index (χ4n) is 4.59. The molecule has 0 N–H and O–H groups in total. The van der Waals surface area contributed by atoms with Gasteiger partial charge < -0.3 is 9.47 Å². The minimum Gasteiger partial charge on any atom is -0.465 e. The molecule has 1 fully saturated rings. The summed E-state index contributed by atoms with van der Waals surface area (Å²) in [5.74, 6) is -0.990. The highest BCUT2D eigenvalue weighted by molar-refractivity contribution is 6.02. The summed E-state index contributed by atoms with van der Waals surface area (Å²) in [6.07, 6.45) is 1.66. The molecule has 136 valence electrons. The maximum absolute atomic E-state index is 13.2. The molecule has 2 aliphatic heterocycles. The van der Waals surface area contributed by atoms with Crippen LogP contribution in [0.4, 0.5) is 0 Å². The van der Waals surface area contributed by atoms with Crippen molar-refractivity contribution in [1.29, 1.82) is 0 Å². The highest BCUT2D eigenvalue weighted by Gasteiger charge is 2.66. The second kappa shape index (κ2) is 7.16. The number of nitrogens with zero attached hydrogens (tertiary/aromatic N) is 1. The summed E-state index contributed by atoms with van der Waals surface area (Å²) in [6, 6.07) is 7.81. The van der Waals surface area contributed by atoms with Gasteiger partial charge in [0.25, 0.3) is 0 Å². The number of benzene rings is 1. The molecule has 2 aliphatic rings. The molecule has 0 aliphatic carbocycles. The zero-order valence-corrected chi connectivity index (χ0v) is 15.3. The number of carbonyl (C=O) groups excluding carboxylic acids is 2. The molecule has 5 heteroatoms. The quantitative estimate of drug-likeness (QED) is 0.607. The van der Waals surface area contributed by atoms with Crippen molar-refractivity contribution >= 4 is 11.9 Å². The molecule has 0 spiro atoms. The van der Waals surface area contributed by atoms with E-state index in [4.69, 9.17) is 9.47 Å². The van der Waals surface area contributed by atoms with Crippen molar-refractivity contribution in [3.05, 3.63) is 35.4 Å². The highest BCUT2D eigenvalue weighted by atomic mass is 16.6. The van der Waals surface area contributed by atoms with Crippen molar-refractivity contribution < 1.29 is 19.1 Å². The lowest BCUT2D eigenvalue weighted by atomic mass is 9.68. The first-order chi connectivity index (χ1) is 12.1. The molecule has 1 saturated heterocycles. The van der Waals surface area contributed by atoms with Crippen LogP contribution in [0.2, 0.25) is 0 Å². The van der Waals surface area contributed by atoms with Crippen LogP contribution >= 0.6 is 0 Å². The number of hydrogen-bond donors (Lipinski definition) is 0. The maximum atomic E-state index is 13.2. The number of esters is 2. The minimum absolute atomic E-state index is 0.109. The number of carbonyl (C=O) groups is 2. The van der Waals surface area contributed by atoms with Gasteiger partial charge in [-0.25, -0.2) is 0 Å². The van der Waals surface area contributed by atoms with E-state index in [0.29, 0.717) is 6.54 Å². The van der Waals surface area contributed by atoms with Gasteiger partial charge in [-0.15, -0.1) is 0 Å². The van der Waals surface area contributed by atoms with Crippen LogP contribution in [-0.2, 0) is 25.5 Å². The molecule has 0 amide bonds. The third-order valence-corrected chi connectivity index (χ3v) is 5.63. The van der Waals surface area contributed by atoms with E-state index in [1.54, 1.807) is 13.8 Å². The number of fused-ring (bicyclic) bond motifs is 3. The van der Waals surface area contributed by atoms with Gasteiger partial charge >= 0.3 is 11.9 Å². The third-order valence-electron chi connectivity index (χ3n) is 5.63. The zero-order chi connectivity index (χ0) is 18.0. The van der Waals surface area contributed by atoms with Gasteiger partial charge in [-0.1, -0.05) is 37.6 Å². The SMILES string of the molecule is CCOC(=O)C1(C(=O)OCC)[C@H](CC)CN2CCc3ccccc3[C@H]21. The second-order valence-electron chi connectivity index (χ2n) is 6.76. The van der Waals surface area contributed by atoms with Gasteiger partial charge in [-0.3, -0.25) is 14.5 Å². The first-order valence-corrected chi connectivity index (χ1v) is 9.27. The van der Waals surface area contributed by atoms with E-state index in [-0.39, 0.29) is 25.2 Å². The van der Waals surface area contributed by atoms with Gasteiger partial charge in [-0.2, -0.15) is 0 Å². The van der Waals surface area contributed by atoms with Crippen LogP contribution in [0, 0.1) is 11.3 Å². The number of ether oxygens (including phenoxy) is 2. The first-order valence-electron chi connectivity index (χ1n) is 9.27. The summed E-state index contributed by atoms with van der Waals surface area (Å²) in [5, 5.41) is 0. The molecule has 3 rings (SSSR count). The van der Waals surface area contributed by atoms with Gasteiger partial charge in [0.2, 0.25) is 0 Å². The fourth-order valence-corrected chi connectivity index (χ4v) is 4.59. The summed E-state index contributed by atoms with van der Waals surface area (Å²) in [5.41, 5.74) is 0.987. The number of hydrogen-bond acceptors (Lipinski definition) is 5. The van der Waals surface area contributed by atoms with E-state index < -0.39 is 17.4 Å². The van der Waals surface area contributed by atoms with Gasteiger partial charge in [0.1, 0.15) is 0 Å². The highest BCUT2D eigenvalue weighted by Crippen LogP contribution is 2.55. The Bertz CT molecular complexity index is 639. The Morgan fingerprint density at radius 2 is 1.76 bits per heavy atom. The van der Waals surface area contributed by atoms with E-state index in [0.717, 1.165) is 24.9 Å². The lowest BCUT2D eigenvalue weighted by molar-refractivity contribution is -0.178. The summed E-state index contributed by atoms with van der Waals surface area (Å²) in [6.45, 7) is 7.65. The van der Waals surface area contributed by atoms with Crippen LogP contribution < -0.4 is 0 Å². The van der Waals surface area contributed by atoms with Crippen molar-refractivity contribution in [2.24, 2.45) is 11.3 Å². The molecule has 0 bridgehead atoms. The Morgan fingerprint density at radius 1 is 1.12 bits per heavy atom. The monoisotopic (exact) mass is 345 g/mol. The second-order valence-corrected chi connectivity index (χ2v) is 6.76.